The lowest BCUT2D eigenvalue weighted by Crippen LogP contribution is -2.08. The van der Waals surface area contributed by atoms with E-state index in [0.29, 0.717) is 25.3 Å². The van der Waals surface area contributed by atoms with Crippen LogP contribution in [0, 0.1) is 11.8 Å². The van der Waals surface area contributed by atoms with Crippen LogP contribution in [0.3, 0.4) is 0 Å². The number of pyridine rings is 1. The summed E-state index contributed by atoms with van der Waals surface area (Å²) < 4.78 is 27.2. The summed E-state index contributed by atoms with van der Waals surface area (Å²) in [6.45, 7) is 0.627. The Morgan fingerprint density at radius 2 is 2.22 bits per heavy atom. The summed E-state index contributed by atoms with van der Waals surface area (Å²) in [5.41, 5.74) is 5.99. The zero-order valence-electron chi connectivity index (χ0n) is 10.2. The van der Waals surface area contributed by atoms with Gasteiger partial charge < -0.3 is 10.5 Å². The zero-order chi connectivity index (χ0) is 13.4. The predicted octanol–water partition coefficient (Wildman–Crippen LogP) is 0.205. The summed E-state index contributed by atoms with van der Waals surface area (Å²) in [5, 5.41) is 0. The first-order valence-corrected chi connectivity index (χ1v) is 7.52. The molecular weight excluding hydrogens is 252 g/mol. The first-order valence-electron chi connectivity index (χ1n) is 5.46. The Hall–Kier alpha value is -1.58. The minimum absolute atomic E-state index is 0.118. The molecule has 0 unspecified atom stereocenters. The van der Waals surface area contributed by atoms with E-state index >= 15 is 0 Å². The van der Waals surface area contributed by atoms with Gasteiger partial charge in [-0.15, -0.1) is 0 Å². The Kier molecular flexibility index (Phi) is 5.62. The van der Waals surface area contributed by atoms with Crippen LogP contribution < -0.4 is 10.5 Å². The van der Waals surface area contributed by atoms with E-state index in [9.17, 15) is 8.42 Å². The molecule has 0 saturated heterocycles. The van der Waals surface area contributed by atoms with E-state index in [0.717, 1.165) is 5.56 Å². The fourth-order valence-corrected chi connectivity index (χ4v) is 1.87. The molecule has 0 amide bonds. The van der Waals surface area contributed by atoms with Crippen molar-refractivity contribution in [1.29, 1.82) is 0 Å². The van der Waals surface area contributed by atoms with Gasteiger partial charge in [0, 0.05) is 18.0 Å². The molecule has 0 aliphatic carbocycles. The second kappa shape index (κ2) is 6.99. The number of aromatic nitrogens is 1. The van der Waals surface area contributed by atoms with Crippen LogP contribution in [0.15, 0.2) is 18.5 Å². The number of nitrogens with zero attached hydrogens (tertiary/aromatic N) is 1. The maximum absolute atomic E-state index is 10.9. The van der Waals surface area contributed by atoms with Gasteiger partial charge in [-0.3, -0.25) is 4.98 Å². The molecule has 1 aromatic rings. The fourth-order valence-electron chi connectivity index (χ4n) is 1.23. The Bertz CT molecular complexity index is 544. The summed E-state index contributed by atoms with van der Waals surface area (Å²) >= 11 is 0. The van der Waals surface area contributed by atoms with Crippen LogP contribution in [-0.4, -0.2) is 38.6 Å². The summed E-state index contributed by atoms with van der Waals surface area (Å²) in [6.07, 6.45) is 4.84. The molecule has 0 radical (unpaired) electrons. The normalized spacial score (nSPS) is 10.6. The molecule has 0 saturated carbocycles. The minimum Gasteiger partial charge on any atom is -0.492 e. The van der Waals surface area contributed by atoms with Crippen LogP contribution in [0.25, 0.3) is 0 Å². The van der Waals surface area contributed by atoms with Crippen LogP contribution in [-0.2, 0) is 9.84 Å². The van der Waals surface area contributed by atoms with E-state index in [1.165, 1.54) is 6.26 Å². The summed E-state index contributed by atoms with van der Waals surface area (Å²) in [7, 11) is -2.93. The van der Waals surface area contributed by atoms with Gasteiger partial charge in [0.25, 0.3) is 0 Å². The lowest BCUT2D eigenvalue weighted by Gasteiger charge is -2.05. The van der Waals surface area contributed by atoms with Gasteiger partial charge in [-0.25, -0.2) is 8.42 Å². The predicted molar refractivity (Wildman–Crippen MR) is 70.0 cm³/mol. The van der Waals surface area contributed by atoms with Gasteiger partial charge in [-0.1, -0.05) is 11.8 Å². The quantitative estimate of drug-likeness (QED) is 0.609. The fraction of sp³-hybridized carbons (Fsp3) is 0.417. The number of ether oxygens (including phenoxy) is 1. The van der Waals surface area contributed by atoms with Gasteiger partial charge in [0.15, 0.2) is 0 Å². The topological polar surface area (TPSA) is 82.3 Å². The first kappa shape index (κ1) is 14.5. The number of nitrogens with two attached hydrogens (primary N) is 1. The van der Waals surface area contributed by atoms with Crippen LogP contribution in [0.4, 0.5) is 0 Å². The molecule has 1 rings (SSSR count). The maximum atomic E-state index is 10.9. The molecule has 0 bridgehead atoms. The number of hydrogen-bond acceptors (Lipinski definition) is 5. The van der Waals surface area contributed by atoms with Crippen molar-refractivity contribution < 1.29 is 13.2 Å². The van der Waals surface area contributed by atoms with Crippen molar-refractivity contribution in [2.24, 2.45) is 5.73 Å². The Labute approximate surface area is 107 Å². The number of rotatable bonds is 5. The van der Waals surface area contributed by atoms with E-state index < -0.39 is 9.84 Å². The highest BCUT2D eigenvalue weighted by Crippen LogP contribution is 2.10. The number of sulfone groups is 1. The van der Waals surface area contributed by atoms with E-state index in [-0.39, 0.29) is 5.75 Å². The van der Waals surface area contributed by atoms with Crippen LogP contribution >= 0.6 is 0 Å². The van der Waals surface area contributed by atoms with E-state index in [2.05, 4.69) is 16.8 Å². The summed E-state index contributed by atoms with van der Waals surface area (Å²) in [6, 6.07) is 1.75. The Morgan fingerprint density at radius 1 is 1.44 bits per heavy atom. The third-order valence-corrected chi connectivity index (χ3v) is 3.01. The molecule has 0 aromatic carbocycles. The van der Waals surface area contributed by atoms with Crippen molar-refractivity contribution in [3.8, 4) is 17.6 Å². The van der Waals surface area contributed by atoms with Gasteiger partial charge in [0.1, 0.15) is 15.6 Å². The second-order valence-electron chi connectivity index (χ2n) is 3.75. The van der Waals surface area contributed by atoms with Crippen molar-refractivity contribution in [2.45, 2.75) is 6.42 Å². The standard InChI is InChI=1S/C12H16N2O3S/c1-18(15,16)7-3-6-17-12-8-11(4-2-5-13)9-14-10-12/h8-10H,3,5-7,13H2,1H3. The van der Waals surface area contributed by atoms with Crippen LogP contribution in [0.2, 0.25) is 0 Å². The van der Waals surface area contributed by atoms with Gasteiger partial charge in [-0.05, 0) is 12.5 Å². The molecule has 0 atom stereocenters. The average molecular weight is 268 g/mol. The van der Waals surface area contributed by atoms with E-state index in [1.54, 1.807) is 18.5 Å². The van der Waals surface area contributed by atoms with Crippen molar-refractivity contribution in [3.63, 3.8) is 0 Å². The summed E-state index contributed by atoms with van der Waals surface area (Å²) in [4.78, 5) is 3.98. The minimum atomic E-state index is -2.93. The highest BCUT2D eigenvalue weighted by atomic mass is 32.2. The molecule has 6 heteroatoms. The molecule has 0 aliphatic heterocycles. The molecular formula is C12H16N2O3S. The Morgan fingerprint density at radius 3 is 2.89 bits per heavy atom. The zero-order valence-corrected chi connectivity index (χ0v) is 11.0. The molecule has 0 aliphatic rings. The third-order valence-electron chi connectivity index (χ3n) is 1.98. The lowest BCUT2D eigenvalue weighted by atomic mass is 10.3. The largest absolute Gasteiger partial charge is 0.492 e. The lowest BCUT2D eigenvalue weighted by molar-refractivity contribution is 0.316. The summed E-state index contributed by atoms with van der Waals surface area (Å²) in [5.74, 6) is 6.26. The van der Waals surface area contributed by atoms with Crippen molar-refractivity contribution in [1.82, 2.24) is 4.98 Å². The Balaban J connectivity index is 2.48. The highest BCUT2D eigenvalue weighted by molar-refractivity contribution is 7.90. The van der Waals surface area contributed by atoms with Crippen LogP contribution in [0.5, 0.6) is 5.75 Å². The third kappa shape index (κ3) is 6.23. The molecule has 5 nitrogen and oxygen atoms in total. The highest BCUT2D eigenvalue weighted by Gasteiger charge is 2.02. The van der Waals surface area contributed by atoms with Crippen molar-refractivity contribution >= 4 is 9.84 Å². The molecule has 1 aromatic heterocycles. The van der Waals surface area contributed by atoms with Crippen LogP contribution in [0.1, 0.15) is 12.0 Å². The molecule has 18 heavy (non-hydrogen) atoms. The van der Waals surface area contributed by atoms with Gasteiger partial charge >= 0.3 is 0 Å². The van der Waals surface area contributed by atoms with Gasteiger partial charge in [0.05, 0.1) is 25.1 Å². The first-order chi connectivity index (χ1) is 8.51. The van der Waals surface area contributed by atoms with Crippen molar-refractivity contribution in [2.75, 3.05) is 25.2 Å². The average Bonchev–Trinajstić information content (AvgIpc) is 2.31. The van der Waals surface area contributed by atoms with Gasteiger partial charge in [-0.2, -0.15) is 0 Å². The maximum Gasteiger partial charge on any atom is 0.147 e. The molecule has 2 N–H and O–H groups in total. The van der Waals surface area contributed by atoms with Gasteiger partial charge in [0.2, 0.25) is 0 Å². The molecule has 0 spiro atoms. The van der Waals surface area contributed by atoms with E-state index in [1.807, 2.05) is 0 Å². The monoisotopic (exact) mass is 268 g/mol. The smallest absolute Gasteiger partial charge is 0.147 e. The SMILES string of the molecule is CS(=O)(=O)CCCOc1cncc(C#CCN)c1. The second-order valence-corrected chi connectivity index (χ2v) is 6.01. The molecule has 0 fully saturated rings. The molecule has 1 heterocycles. The van der Waals surface area contributed by atoms with E-state index in [4.69, 9.17) is 10.5 Å². The number of hydrogen-bond donors (Lipinski definition) is 1. The molecule has 98 valence electrons. The van der Waals surface area contributed by atoms with Crippen molar-refractivity contribution in [3.05, 3.63) is 24.0 Å².